The zero-order valence-electron chi connectivity index (χ0n) is 8.77. The third kappa shape index (κ3) is 4.28. The first-order valence-corrected chi connectivity index (χ1v) is 5.03. The molecule has 7 heteroatoms. The molecule has 0 saturated heterocycles. The first-order valence-electron chi connectivity index (χ1n) is 4.65. The van der Waals surface area contributed by atoms with Gasteiger partial charge < -0.3 is 9.57 Å². The third-order valence-corrected chi connectivity index (χ3v) is 2.12. The maximum absolute atomic E-state index is 10.9. The quantitative estimate of drug-likeness (QED) is 0.599. The molecule has 17 heavy (non-hydrogen) atoms. The minimum absolute atomic E-state index is 0.0435. The molecule has 0 aromatic heterocycles. The van der Waals surface area contributed by atoms with E-state index in [-0.39, 0.29) is 13.0 Å². The van der Waals surface area contributed by atoms with E-state index in [0.29, 0.717) is 16.3 Å². The molecular formula is C10H10ClN3O3. The summed E-state index contributed by atoms with van der Waals surface area (Å²) in [5.41, 5.74) is 2.14. The van der Waals surface area contributed by atoms with Crippen molar-refractivity contribution in [3.05, 3.63) is 28.8 Å². The van der Waals surface area contributed by atoms with Crippen LogP contribution in [-0.2, 0) is 9.63 Å². The van der Waals surface area contributed by atoms with Gasteiger partial charge in [0.1, 0.15) is 11.8 Å². The molecule has 0 aliphatic heterocycles. The van der Waals surface area contributed by atoms with Crippen molar-refractivity contribution in [1.29, 1.82) is 5.26 Å². The Morgan fingerprint density at radius 2 is 2.35 bits per heavy atom. The Morgan fingerprint density at radius 3 is 2.94 bits per heavy atom. The van der Waals surface area contributed by atoms with Crippen LogP contribution in [0.25, 0.3) is 0 Å². The largest absolute Gasteiger partial charge is 0.493 e. The Hall–Kier alpha value is -1.81. The molecule has 0 unspecified atom stereocenters. The number of nitrogens with one attached hydrogen (secondary N) is 1. The molecule has 0 atom stereocenters. The highest BCUT2D eigenvalue weighted by Crippen LogP contribution is 2.21. The molecule has 6 nitrogen and oxygen atoms in total. The fourth-order valence-corrected chi connectivity index (χ4v) is 1.26. The second kappa shape index (κ2) is 6.70. The van der Waals surface area contributed by atoms with Crippen molar-refractivity contribution in [2.75, 3.05) is 6.61 Å². The molecular weight excluding hydrogens is 246 g/mol. The molecule has 0 amide bonds. The molecule has 0 saturated carbocycles. The number of hydrazine groups is 1. The van der Waals surface area contributed by atoms with Crippen LogP contribution in [0.3, 0.4) is 0 Å². The first-order chi connectivity index (χ1) is 8.17. The fourth-order valence-electron chi connectivity index (χ4n) is 1.05. The van der Waals surface area contributed by atoms with Gasteiger partial charge in [-0.25, -0.2) is 5.84 Å². The number of nitrogens with zero attached hydrogens (tertiary/aromatic N) is 1. The fraction of sp³-hybridized carbons (Fsp3) is 0.200. The second-order valence-corrected chi connectivity index (χ2v) is 3.35. The van der Waals surface area contributed by atoms with Gasteiger partial charge in [0.25, 0.3) is 0 Å². The summed E-state index contributed by atoms with van der Waals surface area (Å²) in [7, 11) is 0. The number of hydrogen-bond donors (Lipinski definition) is 2. The van der Waals surface area contributed by atoms with Crippen molar-refractivity contribution in [2.45, 2.75) is 6.42 Å². The summed E-state index contributed by atoms with van der Waals surface area (Å²) in [6.07, 6.45) is 0.0435. The number of benzene rings is 1. The van der Waals surface area contributed by atoms with Crippen LogP contribution >= 0.6 is 11.6 Å². The van der Waals surface area contributed by atoms with E-state index in [1.54, 1.807) is 11.7 Å². The van der Waals surface area contributed by atoms with Gasteiger partial charge in [-0.1, -0.05) is 17.2 Å². The Morgan fingerprint density at radius 1 is 1.59 bits per heavy atom. The maximum atomic E-state index is 10.9. The molecule has 0 fully saturated rings. The zero-order chi connectivity index (χ0) is 12.7. The van der Waals surface area contributed by atoms with Gasteiger partial charge in [-0.15, -0.1) is 0 Å². The van der Waals surface area contributed by atoms with Crippen molar-refractivity contribution in [3.8, 4) is 11.8 Å². The number of halogens is 1. The molecule has 0 aliphatic carbocycles. The van der Waals surface area contributed by atoms with E-state index in [0.717, 1.165) is 0 Å². The average Bonchev–Trinajstić information content (AvgIpc) is 2.29. The Bertz CT molecular complexity index is 445. The number of nitriles is 1. The van der Waals surface area contributed by atoms with E-state index in [9.17, 15) is 4.79 Å². The predicted octanol–water partition coefficient (Wildman–Crippen LogP) is 0.902. The van der Waals surface area contributed by atoms with E-state index in [1.165, 1.54) is 12.1 Å². The van der Waals surface area contributed by atoms with Crippen LogP contribution in [0.2, 0.25) is 5.02 Å². The smallest absolute Gasteiger partial charge is 0.329 e. The van der Waals surface area contributed by atoms with Crippen LogP contribution in [0.1, 0.15) is 12.0 Å². The van der Waals surface area contributed by atoms with E-state index in [2.05, 4.69) is 4.84 Å². The number of ether oxygens (including phenoxy) is 1. The van der Waals surface area contributed by atoms with Crippen LogP contribution in [0.5, 0.6) is 5.75 Å². The first kappa shape index (κ1) is 13.3. The molecule has 1 rings (SSSR count). The summed E-state index contributed by atoms with van der Waals surface area (Å²) in [6, 6.07) is 6.57. The minimum atomic E-state index is -0.535. The van der Waals surface area contributed by atoms with Crippen molar-refractivity contribution in [2.24, 2.45) is 5.84 Å². The maximum Gasteiger partial charge on any atom is 0.329 e. The summed E-state index contributed by atoms with van der Waals surface area (Å²) in [6.45, 7) is 0.128. The molecule has 1 aromatic carbocycles. The number of carbonyl (C=O) groups is 1. The highest BCUT2D eigenvalue weighted by Gasteiger charge is 2.04. The topological polar surface area (TPSA) is 97.4 Å². The van der Waals surface area contributed by atoms with Crippen LogP contribution in [0.4, 0.5) is 0 Å². The molecule has 0 bridgehead atoms. The van der Waals surface area contributed by atoms with E-state index in [4.69, 9.17) is 27.4 Å². The van der Waals surface area contributed by atoms with Crippen LogP contribution in [-0.4, -0.2) is 12.6 Å². The lowest BCUT2D eigenvalue weighted by molar-refractivity contribution is -0.151. The molecule has 90 valence electrons. The standard InChI is InChI=1S/C10H10ClN3O3/c11-9-5-8(2-1-7(9)6-12)16-4-3-10(15)17-14-13/h1-2,5,14H,3-4,13H2. The van der Waals surface area contributed by atoms with Gasteiger partial charge in [0.05, 0.1) is 23.6 Å². The molecule has 1 aromatic rings. The summed E-state index contributed by atoms with van der Waals surface area (Å²) in [4.78, 5) is 15.2. The summed E-state index contributed by atoms with van der Waals surface area (Å²) in [5, 5.41) is 8.96. The van der Waals surface area contributed by atoms with Crippen molar-refractivity contribution in [1.82, 2.24) is 5.59 Å². The van der Waals surface area contributed by atoms with Gasteiger partial charge in [0.2, 0.25) is 0 Å². The molecule has 0 heterocycles. The van der Waals surface area contributed by atoms with Crippen LogP contribution in [0, 0.1) is 11.3 Å². The van der Waals surface area contributed by atoms with Crippen molar-refractivity contribution < 1.29 is 14.4 Å². The van der Waals surface area contributed by atoms with Gasteiger partial charge in [-0.2, -0.15) is 5.26 Å². The summed E-state index contributed by atoms with van der Waals surface area (Å²) in [5.74, 6) is 4.72. The second-order valence-electron chi connectivity index (χ2n) is 2.94. The highest BCUT2D eigenvalue weighted by atomic mass is 35.5. The van der Waals surface area contributed by atoms with Gasteiger partial charge in [-0.05, 0) is 12.1 Å². The normalized spacial score (nSPS) is 9.47. The lowest BCUT2D eigenvalue weighted by Gasteiger charge is -2.06. The van der Waals surface area contributed by atoms with E-state index >= 15 is 0 Å². The third-order valence-electron chi connectivity index (χ3n) is 1.81. The Labute approximate surface area is 103 Å². The number of rotatable bonds is 5. The van der Waals surface area contributed by atoms with Gasteiger partial charge in [-0.3, -0.25) is 4.79 Å². The number of hydrogen-bond acceptors (Lipinski definition) is 6. The number of carbonyl (C=O) groups excluding carboxylic acids is 1. The SMILES string of the molecule is N#Cc1ccc(OCCC(=O)ONN)cc1Cl. The minimum Gasteiger partial charge on any atom is -0.493 e. The van der Waals surface area contributed by atoms with Crippen molar-refractivity contribution in [3.63, 3.8) is 0 Å². The lowest BCUT2D eigenvalue weighted by atomic mass is 10.2. The van der Waals surface area contributed by atoms with E-state index < -0.39 is 5.97 Å². The highest BCUT2D eigenvalue weighted by molar-refractivity contribution is 6.31. The number of nitrogens with two attached hydrogens (primary N) is 1. The van der Waals surface area contributed by atoms with E-state index in [1.807, 2.05) is 6.07 Å². The molecule has 3 N–H and O–H groups in total. The molecule has 0 spiro atoms. The van der Waals surface area contributed by atoms with Gasteiger partial charge in [0, 0.05) is 6.07 Å². The van der Waals surface area contributed by atoms with Crippen LogP contribution in [0.15, 0.2) is 18.2 Å². The Kier molecular flexibility index (Phi) is 5.23. The summed E-state index contributed by atoms with van der Waals surface area (Å²) < 4.78 is 5.24. The van der Waals surface area contributed by atoms with Gasteiger partial charge in [0.15, 0.2) is 0 Å². The molecule has 0 aliphatic rings. The predicted molar refractivity (Wildman–Crippen MR) is 59.7 cm³/mol. The van der Waals surface area contributed by atoms with Crippen molar-refractivity contribution >= 4 is 17.6 Å². The lowest BCUT2D eigenvalue weighted by Crippen LogP contribution is -2.26. The summed E-state index contributed by atoms with van der Waals surface area (Å²) >= 11 is 5.80. The van der Waals surface area contributed by atoms with Crippen LogP contribution < -0.4 is 16.2 Å². The van der Waals surface area contributed by atoms with Gasteiger partial charge >= 0.3 is 5.97 Å². The average molecular weight is 256 g/mol. The monoisotopic (exact) mass is 255 g/mol. The Balaban J connectivity index is 2.45. The molecule has 0 radical (unpaired) electrons. The zero-order valence-corrected chi connectivity index (χ0v) is 9.53.